The molecule has 2 aromatic heterocycles. The van der Waals surface area contributed by atoms with Crippen molar-refractivity contribution >= 4 is 55.6 Å². The number of aryl methyl sites for hydroxylation is 1. The Labute approximate surface area is 188 Å². The number of fused-ring (bicyclic) bond motifs is 1. The van der Waals surface area contributed by atoms with Crippen LogP contribution in [0.1, 0.15) is 16.1 Å². The Balaban J connectivity index is 1.75. The third kappa shape index (κ3) is 4.17. The van der Waals surface area contributed by atoms with Crippen LogP contribution in [0.15, 0.2) is 61.5 Å². The first-order valence-corrected chi connectivity index (χ1v) is 10.6. The van der Waals surface area contributed by atoms with Crippen LogP contribution >= 0.6 is 27.3 Å². The Kier molecular flexibility index (Phi) is 5.50. The van der Waals surface area contributed by atoms with Crippen LogP contribution in [0.2, 0.25) is 0 Å². The maximum atomic E-state index is 12.4. The standard InChI is InChI=1S/C22H12BrN3O4S/c1-12-2-3-13(7-19(12)26(28)29)6-15(10-24)21-25-18(11-31-21)17-9-14-8-16(23)4-5-20(14)30-22(17)27/h2-9,11H,1H3. The predicted octanol–water partition coefficient (Wildman–Crippen LogP) is 5.96. The molecule has 0 saturated carbocycles. The number of thiazole rings is 1. The SMILES string of the molecule is Cc1ccc(C=C(C#N)c2nc(-c3cc4cc(Br)ccc4oc3=O)cs2)cc1[N+](=O)[O-]. The van der Waals surface area contributed by atoms with Gasteiger partial charge in [-0.1, -0.05) is 28.1 Å². The molecule has 0 N–H and O–H groups in total. The molecule has 0 fully saturated rings. The lowest BCUT2D eigenvalue weighted by molar-refractivity contribution is -0.385. The van der Waals surface area contributed by atoms with Crippen LogP contribution in [0.25, 0.3) is 33.9 Å². The van der Waals surface area contributed by atoms with Gasteiger partial charge in [0, 0.05) is 26.9 Å². The van der Waals surface area contributed by atoms with Crippen LogP contribution in [-0.2, 0) is 0 Å². The van der Waals surface area contributed by atoms with E-state index in [0.29, 0.717) is 27.4 Å². The molecule has 0 bridgehead atoms. The summed E-state index contributed by atoms with van der Waals surface area (Å²) in [7, 11) is 0. The lowest BCUT2D eigenvalue weighted by Crippen LogP contribution is -2.02. The molecule has 0 atom stereocenters. The van der Waals surface area contributed by atoms with Crippen LogP contribution in [0.3, 0.4) is 0 Å². The quantitative estimate of drug-likeness (QED) is 0.150. The van der Waals surface area contributed by atoms with E-state index in [0.717, 1.165) is 9.86 Å². The molecule has 0 unspecified atom stereocenters. The molecular formula is C22H12BrN3O4S. The number of nitro groups is 1. The van der Waals surface area contributed by atoms with Gasteiger partial charge >= 0.3 is 5.63 Å². The van der Waals surface area contributed by atoms with E-state index in [1.54, 1.807) is 42.6 Å². The number of nitrogens with zero attached hydrogens (tertiary/aromatic N) is 3. The van der Waals surface area contributed by atoms with E-state index in [-0.39, 0.29) is 16.8 Å². The van der Waals surface area contributed by atoms with E-state index < -0.39 is 10.5 Å². The molecule has 0 aliphatic heterocycles. The molecule has 4 aromatic rings. The summed E-state index contributed by atoms with van der Waals surface area (Å²) in [6, 6.07) is 13.8. The highest BCUT2D eigenvalue weighted by molar-refractivity contribution is 9.10. The van der Waals surface area contributed by atoms with Gasteiger partial charge in [0.15, 0.2) is 0 Å². The van der Waals surface area contributed by atoms with Crippen molar-refractivity contribution in [3.63, 3.8) is 0 Å². The van der Waals surface area contributed by atoms with E-state index in [9.17, 15) is 20.2 Å². The van der Waals surface area contributed by atoms with Crippen molar-refractivity contribution in [3.05, 3.63) is 89.0 Å². The largest absolute Gasteiger partial charge is 0.422 e. The van der Waals surface area contributed by atoms with Gasteiger partial charge < -0.3 is 4.42 Å². The smallest absolute Gasteiger partial charge is 0.345 e. The number of rotatable bonds is 4. The van der Waals surface area contributed by atoms with Crippen LogP contribution in [0.4, 0.5) is 5.69 Å². The highest BCUT2D eigenvalue weighted by Crippen LogP contribution is 2.29. The summed E-state index contributed by atoms with van der Waals surface area (Å²) in [6.07, 6.45) is 1.54. The molecule has 0 radical (unpaired) electrons. The van der Waals surface area contributed by atoms with Gasteiger partial charge in [0.25, 0.3) is 5.69 Å². The molecule has 9 heteroatoms. The van der Waals surface area contributed by atoms with Gasteiger partial charge in [0.2, 0.25) is 0 Å². The Bertz CT molecular complexity index is 1480. The molecule has 7 nitrogen and oxygen atoms in total. The van der Waals surface area contributed by atoms with Gasteiger partial charge in [0.1, 0.15) is 16.7 Å². The third-order valence-electron chi connectivity index (χ3n) is 4.57. The lowest BCUT2D eigenvalue weighted by atomic mass is 10.1. The first-order chi connectivity index (χ1) is 14.9. The Morgan fingerprint density at radius 3 is 2.84 bits per heavy atom. The molecular weight excluding hydrogens is 482 g/mol. The summed E-state index contributed by atoms with van der Waals surface area (Å²) in [5.41, 5.74) is 1.89. The molecule has 2 aromatic carbocycles. The third-order valence-corrected chi connectivity index (χ3v) is 5.93. The second-order valence-corrected chi connectivity index (χ2v) is 8.41. The van der Waals surface area contributed by atoms with Crippen molar-refractivity contribution in [2.45, 2.75) is 6.92 Å². The molecule has 31 heavy (non-hydrogen) atoms. The van der Waals surface area contributed by atoms with Crippen LogP contribution < -0.4 is 5.63 Å². The van der Waals surface area contributed by atoms with E-state index in [4.69, 9.17) is 4.42 Å². The minimum Gasteiger partial charge on any atom is -0.422 e. The number of hydrogen-bond acceptors (Lipinski definition) is 7. The zero-order chi connectivity index (χ0) is 22.1. The van der Waals surface area contributed by atoms with E-state index in [2.05, 4.69) is 27.0 Å². The number of benzene rings is 2. The Morgan fingerprint density at radius 1 is 1.29 bits per heavy atom. The van der Waals surface area contributed by atoms with Gasteiger partial charge in [-0.15, -0.1) is 11.3 Å². The van der Waals surface area contributed by atoms with Crippen LogP contribution in [-0.4, -0.2) is 9.91 Å². The molecule has 0 aliphatic rings. The minimum absolute atomic E-state index is 0.0224. The van der Waals surface area contributed by atoms with E-state index in [1.165, 1.54) is 23.5 Å². The van der Waals surface area contributed by atoms with Crippen molar-refractivity contribution in [3.8, 4) is 17.3 Å². The van der Waals surface area contributed by atoms with E-state index in [1.807, 2.05) is 6.07 Å². The fraction of sp³-hybridized carbons (Fsp3) is 0.0455. The normalized spacial score (nSPS) is 11.5. The Morgan fingerprint density at radius 2 is 2.10 bits per heavy atom. The monoisotopic (exact) mass is 493 g/mol. The Hall–Kier alpha value is -3.61. The molecule has 2 heterocycles. The van der Waals surface area contributed by atoms with Crippen LogP contribution in [0, 0.1) is 28.4 Å². The minimum atomic E-state index is -0.525. The summed E-state index contributed by atoms with van der Waals surface area (Å²) in [5, 5.41) is 23.6. The molecule has 152 valence electrons. The average molecular weight is 494 g/mol. The summed E-state index contributed by atoms with van der Waals surface area (Å²) >= 11 is 4.60. The van der Waals surface area contributed by atoms with Crippen molar-refractivity contribution in [2.75, 3.05) is 0 Å². The molecule has 0 aliphatic carbocycles. The highest BCUT2D eigenvalue weighted by Gasteiger charge is 2.15. The van der Waals surface area contributed by atoms with Crippen molar-refractivity contribution in [2.24, 2.45) is 0 Å². The van der Waals surface area contributed by atoms with Gasteiger partial charge in [0.05, 0.1) is 21.8 Å². The molecule has 0 spiro atoms. The number of allylic oxidation sites excluding steroid dienone is 1. The molecule has 0 amide bonds. The number of nitriles is 1. The maximum Gasteiger partial charge on any atom is 0.345 e. The van der Waals surface area contributed by atoms with Crippen molar-refractivity contribution in [1.82, 2.24) is 4.98 Å². The fourth-order valence-electron chi connectivity index (χ4n) is 3.02. The van der Waals surface area contributed by atoms with Crippen LogP contribution in [0.5, 0.6) is 0 Å². The zero-order valence-corrected chi connectivity index (χ0v) is 18.4. The summed E-state index contributed by atoms with van der Waals surface area (Å²) < 4.78 is 6.23. The first-order valence-electron chi connectivity index (χ1n) is 8.92. The summed E-state index contributed by atoms with van der Waals surface area (Å²) in [5.74, 6) is 0. The van der Waals surface area contributed by atoms with Gasteiger partial charge in [-0.25, -0.2) is 9.78 Å². The number of hydrogen-bond donors (Lipinski definition) is 0. The lowest BCUT2D eigenvalue weighted by Gasteiger charge is -2.01. The van der Waals surface area contributed by atoms with Gasteiger partial charge in [-0.2, -0.15) is 5.26 Å². The van der Waals surface area contributed by atoms with Gasteiger partial charge in [-0.05, 0) is 42.8 Å². The fourth-order valence-corrected chi connectivity index (χ4v) is 4.18. The molecule has 4 rings (SSSR count). The van der Waals surface area contributed by atoms with Gasteiger partial charge in [-0.3, -0.25) is 10.1 Å². The van der Waals surface area contributed by atoms with Crippen molar-refractivity contribution < 1.29 is 9.34 Å². The number of aromatic nitrogens is 1. The second-order valence-electron chi connectivity index (χ2n) is 6.64. The predicted molar refractivity (Wildman–Crippen MR) is 123 cm³/mol. The topological polar surface area (TPSA) is 110 Å². The maximum absolute atomic E-state index is 12.4. The number of nitro benzene ring substituents is 1. The van der Waals surface area contributed by atoms with E-state index >= 15 is 0 Å². The molecule has 0 saturated heterocycles. The first kappa shape index (κ1) is 20.7. The highest BCUT2D eigenvalue weighted by atomic mass is 79.9. The zero-order valence-electron chi connectivity index (χ0n) is 16.0. The van der Waals surface area contributed by atoms with Crippen molar-refractivity contribution in [1.29, 1.82) is 5.26 Å². The summed E-state index contributed by atoms with van der Waals surface area (Å²) in [6.45, 7) is 1.65. The second kappa shape index (κ2) is 8.26. The summed E-state index contributed by atoms with van der Waals surface area (Å²) in [4.78, 5) is 27.6. The average Bonchev–Trinajstić information content (AvgIpc) is 3.22. The number of halogens is 1.